The standard InChI is InChI=1S/C7H17N2/c1-5-8(3)7-9(4)6-2/h7H,5-6H2,1-4H3/q+1. The molecule has 0 aromatic rings. The van der Waals surface area contributed by atoms with E-state index in [-0.39, 0.29) is 0 Å². The molecule has 0 aliphatic rings. The largest absolute Gasteiger partial charge is 0.271 e. The maximum Gasteiger partial charge on any atom is 0.233 e. The Labute approximate surface area is 57.8 Å². The van der Waals surface area contributed by atoms with Crippen molar-refractivity contribution in [1.82, 2.24) is 4.90 Å². The van der Waals surface area contributed by atoms with Crippen molar-refractivity contribution in [3.63, 3.8) is 0 Å². The van der Waals surface area contributed by atoms with E-state index in [2.05, 4.69) is 43.8 Å². The Morgan fingerprint density at radius 3 is 2.33 bits per heavy atom. The summed E-state index contributed by atoms with van der Waals surface area (Å²) in [6.07, 6.45) is 2.11. The summed E-state index contributed by atoms with van der Waals surface area (Å²) in [5.74, 6) is 0. The van der Waals surface area contributed by atoms with Crippen molar-refractivity contribution >= 4 is 6.34 Å². The molecule has 0 heterocycles. The third-order valence-corrected chi connectivity index (χ3v) is 1.39. The SMILES string of the molecule is CCN(C)C=[N+](C)CC. The summed E-state index contributed by atoms with van der Waals surface area (Å²) in [4.78, 5) is 2.16. The summed E-state index contributed by atoms with van der Waals surface area (Å²) in [5.41, 5.74) is 0. The number of hydrogen-bond donors (Lipinski definition) is 0. The van der Waals surface area contributed by atoms with Gasteiger partial charge in [0.15, 0.2) is 0 Å². The normalized spacial score (nSPS) is 11.8. The molecule has 0 saturated heterocycles. The number of rotatable bonds is 3. The van der Waals surface area contributed by atoms with Crippen LogP contribution in [0.5, 0.6) is 0 Å². The molecule has 0 atom stereocenters. The van der Waals surface area contributed by atoms with Crippen LogP contribution in [0.4, 0.5) is 0 Å². The van der Waals surface area contributed by atoms with Crippen LogP contribution in [0.25, 0.3) is 0 Å². The first kappa shape index (κ1) is 8.47. The summed E-state index contributed by atoms with van der Waals surface area (Å²) in [6, 6.07) is 0. The maximum absolute atomic E-state index is 2.16. The summed E-state index contributed by atoms with van der Waals surface area (Å²) >= 11 is 0. The van der Waals surface area contributed by atoms with Gasteiger partial charge >= 0.3 is 0 Å². The van der Waals surface area contributed by atoms with Crippen LogP contribution in [0.15, 0.2) is 0 Å². The van der Waals surface area contributed by atoms with Crippen molar-refractivity contribution in [3.05, 3.63) is 0 Å². The first-order chi connectivity index (χ1) is 4.20. The van der Waals surface area contributed by atoms with Crippen molar-refractivity contribution < 1.29 is 4.58 Å². The van der Waals surface area contributed by atoms with E-state index in [1.807, 2.05) is 0 Å². The third-order valence-electron chi connectivity index (χ3n) is 1.39. The van der Waals surface area contributed by atoms with Gasteiger partial charge in [0.05, 0.1) is 27.2 Å². The van der Waals surface area contributed by atoms with E-state index in [1.54, 1.807) is 0 Å². The fraction of sp³-hybridized carbons (Fsp3) is 0.857. The maximum atomic E-state index is 2.16. The molecule has 0 aliphatic carbocycles. The predicted octanol–water partition coefficient (Wildman–Crippen LogP) is 0.629. The molecule has 0 amide bonds. The minimum absolute atomic E-state index is 1.07. The van der Waals surface area contributed by atoms with Crippen LogP contribution in [-0.2, 0) is 0 Å². The van der Waals surface area contributed by atoms with Gasteiger partial charge in [-0.1, -0.05) is 0 Å². The van der Waals surface area contributed by atoms with Crippen LogP contribution in [-0.4, -0.2) is 43.0 Å². The molecule has 0 unspecified atom stereocenters. The minimum atomic E-state index is 1.07. The van der Waals surface area contributed by atoms with Gasteiger partial charge in [-0.25, -0.2) is 0 Å². The van der Waals surface area contributed by atoms with E-state index in [0.29, 0.717) is 0 Å². The molecule has 0 spiro atoms. The van der Waals surface area contributed by atoms with E-state index >= 15 is 0 Å². The quantitative estimate of drug-likeness (QED) is 0.308. The summed E-state index contributed by atoms with van der Waals surface area (Å²) in [6.45, 7) is 6.43. The summed E-state index contributed by atoms with van der Waals surface area (Å²) in [5, 5.41) is 0. The zero-order valence-corrected chi connectivity index (χ0v) is 6.89. The van der Waals surface area contributed by atoms with Crippen LogP contribution in [0.1, 0.15) is 13.8 Å². The Balaban J connectivity index is 3.64. The van der Waals surface area contributed by atoms with E-state index in [1.165, 1.54) is 0 Å². The van der Waals surface area contributed by atoms with Gasteiger partial charge in [-0.05, 0) is 13.8 Å². The Kier molecular flexibility index (Phi) is 4.10. The zero-order valence-electron chi connectivity index (χ0n) is 6.89. The second-order valence-corrected chi connectivity index (χ2v) is 2.26. The lowest BCUT2D eigenvalue weighted by atomic mass is 10.6. The van der Waals surface area contributed by atoms with Gasteiger partial charge in [0, 0.05) is 0 Å². The smallest absolute Gasteiger partial charge is 0.233 e. The molecule has 0 rings (SSSR count). The van der Waals surface area contributed by atoms with E-state index in [4.69, 9.17) is 0 Å². The van der Waals surface area contributed by atoms with Gasteiger partial charge in [-0.2, -0.15) is 0 Å². The topological polar surface area (TPSA) is 6.25 Å². The average molecular weight is 129 g/mol. The van der Waals surface area contributed by atoms with Crippen molar-refractivity contribution in [2.45, 2.75) is 13.8 Å². The summed E-state index contributed by atoms with van der Waals surface area (Å²) in [7, 11) is 4.15. The van der Waals surface area contributed by atoms with E-state index in [0.717, 1.165) is 13.1 Å². The van der Waals surface area contributed by atoms with Gasteiger partial charge in [-0.15, -0.1) is 0 Å². The molecule has 54 valence electrons. The molecule has 0 bridgehead atoms. The highest BCUT2D eigenvalue weighted by atomic mass is 15.2. The van der Waals surface area contributed by atoms with Crippen LogP contribution in [0, 0.1) is 0 Å². The van der Waals surface area contributed by atoms with Gasteiger partial charge in [0.2, 0.25) is 6.34 Å². The van der Waals surface area contributed by atoms with Crippen molar-refractivity contribution in [1.29, 1.82) is 0 Å². The predicted molar refractivity (Wildman–Crippen MR) is 41.1 cm³/mol. The molecule has 0 fully saturated rings. The van der Waals surface area contributed by atoms with Crippen LogP contribution >= 0.6 is 0 Å². The molecular weight excluding hydrogens is 112 g/mol. The van der Waals surface area contributed by atoms with Crippen LogP contribution in [0.3, 0.4) is 0 Å². The molecule has 0 radical (unpaired) electrons. The van der Waals surface area contributed by atoms with Crippen molar-refractivity contribution in [2.75, 3.05) is 27.2 Å². The van der Waals surface area contributed by atoms with Crippen LogP contribution in [0.2, 0.25) is 0 Å². The second-order valence-electron chi connectivity index (χ2n) is 2.26. The molecule has 2 nitrogen and oxygen atoms in total. The Bertz CT molecular complexity index is 97.1. The lowest BCUT2D eigenvalue weighted by Gasteiger charge is -2.03. The average Bonchev–Trinajstić information content (AvgIpc) is 1.87. The van der Waals surface area contributed by atoms with Gasteiger partial charge < -0.3 is 0 Å². The lowest BCUT2D eigenvalue weighted by molar-refractivity contribution is -0.493. The monoisotopic (exact) mass is 129 g/mol. The van der Waals surface area contributed by atoms with Crippen molar-refractivity contribution in [3.8, 4) is 0 Å². The molecule has 0 aliphatic heterocycles. The number of hydrogen-bond acceptors (Lipinski definition) is 0. The van der Waals surface area contributed by atoms with Gasteiger partial charge in [0.25, 0.3) is 0 Å². The highest BCUT2D eigenvalue weighted by molar-refractivity contribution is 5.47. The summed E-state index contributed by atoms with van der Waals surface area (Å²) < 4.78 is 2.16. The molecule has 0 N–H and O–H groups in total. The second kappa shape index (κ2) is 4.36. The molecule has 0 aromatic heterocycles. The Morgan fingerprint density at radius 1 is 1.44 bits per heavy atom. The van der Waals surface area contributed by atoms with Gasteiger partial charge in [-0.3, -0.25) is 9.48 Å². The highest BCUT2D eigenvalue weighted by Crippen LogP contribution is 1.73. The molecule has 9 heavy (non-hydrogen) atoms. The first-order valence-corrected chi connectivity index (χ1v) is 3.46. The highest BCUT2D eigenvalue weighted by Gasteiger charge is 1.92. The fourth-order valence-electron chi connectivity index (χ4n) is 0.500. The third kappa shape index (κ3) is 4.01. The van der Waals surface area contributed by atoms with Crippen LogP contribution < -0.4 is 0 Å². The zero-order chi connectivity index (χ0) is 7.28. The molecular formula is C7H17N2+. The molecule has 2 heteroatoms. The molecule has 0 saturated carbocycles. The first-order valence-electron chi connectivity index (χ1n) is 3.46. The lowest BCUT2D eigenvalue weighted by Crippen LogP contribution is -2.22. The van der Waals surface area contributed by atoms with Crippen molar-refractivity contribution in [2.24, 2.45) is 0 Å². The Morgan fingerprint density at radius 2 is 2.00 bits per heavy atom. The minimum Gasteiger partial charge on any atom is -0.271 e. The van der Waals surface area contributed by atoms with E-state index in [9.17, 15) is 0 Å². The van der Waals surface area contributed by atoms with Gasteiger partial charge in [0.1, 0.15) is 0 Å². The number of nitrogens with zero attached hydrogens (tertiary/aromatic N) is 2. The molecule has 0 aromatic carbocycles. The van der Waals surface area contributed by atoms with E-state index < -0.39 is 0 Å². The fourth-order valence-corrected chi connectivity index (χ4v) is 0.500. The Hall–Kier alpha value is -0.530.